The van der Waals surface area contributed by atoms with Crippen LogP contribution in [0.1, 0.15) is 22.7 Å². The monoisotopic (exact) mass is 262 g/mol. The lowest BCUT2D eigenvalue weighted by Gasteiger charge is -2.29. The Hall–Kier alpha value is -2.55. The minimum atomic E-state index is 0.294. The summed E-state index contributed by atoms with van der Waals surface area (Å²) in [5, 5.41) is 4.21. The summed E-state index contributed by atoms with van der Waals surface area (Å²) in [5.41, 5.74) is 11.6. The highest BCUT2D eigenvalue weighted by molar-refractivity contribution is 5.76. The number of nitrogen functional groups attached to an aromatic ring is 1. The second-order valence-electron chi connectivity index (χ2n) is 5.13. The highest BCUT2D eigenvalue weighted by Gasteiger charge is 2.33. The molecule has 1 unspecified atom stereocenters. The van der Waals surface area contributed by atoms with Gasteiger partial charge in [-0.05, 0) is 23.1 Å². The molecule has 4 rings (SSSR count). The number of rotatable bonds is 2. The van der Waals surface area contributed by atoms with Crippen LogP contribution in [-0.4, -0.2) is 5.16 Å². The van der Waals surface area contributed by atoms with Gasteiger partial charge in [0.25, 0.3) is 0 Å². The van der Waals surface area contributed by atoms with Crippen molar-refractivity contribution >= 4 is 5.88 Å². The molecule has 1 aliphatic rings. The summed E-state index contributed by atoms with van der Waals surface area (Å²) in [6.07, 6.45) is 1.00. The van der Waals surface area contributed by atoms with Gasteiger partial charge in [-0.25, -0.2) is 0 Å². The lowest BCUT2D eigenvalue weighted by molar-refractivity contribution is 0.420. The number of hydrogen-bond acceptors (Lipinski definition) is 3. The van der Waals surface area contributed by atoms with Crippen molar-refractivity contribution in [3.63, 3.8) is 0 Å². The van der Waals surface area contributed by atoms with Crippen molar-refractivity contribution in [1.29, 1.82) is 0 Å². The van der Waals surface area contributed by atoms with Crippen LogP contribution in [0.25, 0.3) is 11.1 Å². The van der Waals surface area contributed by atoms with Crippen LogP contribution in [-0.2, 0) is 6.42 Å². The number of fused-ring (bicyclic) bond motifs is 1. The van der Waals surface area contributed by atoms with E-state index in [9.17, 15) is 0 Å². The second kappa shape index (κ2) is 4.23. The van der Waals surface area contributed by atoms with Gasteiger partial charge < -0.3 is 10.3 Å². The Balaban J connectivity index is 1.82. The average molecular weight is 262 g/mol. The lowest BCUT2D eigenvalue weighted by atomic mass is 9.74. The van der Waals surface area contributed by atoms with Crippen LogP contribution in [0, 0.1) is 0 Å². The maximum Gasteiger partial charge on any atom is 0.230 e. The van der Waals surface area contributed by atoms with Crippen molar-refractivity contribution in [2.24, 2.45) is 0 Å². The van der Waals surface area contributed by atoms with Crippen LogP contribution < -0.4 is 5.73 Å². The molecule has 1 heterocycles. The van der Waals surface area contributed by atoms with E-state index in [1.165, 1.54) is 11.1 Å². The van der Waals surface area contributed by atoms with Gasteiger partial charge in [-0.3, -0.25) is 0 Å². The molecule has 1 aliphatic carbocycles. The number of benzene rings is 2. The standard InChI is InChI=1S/C17H14N2O/c18-17-15(11-6-2-1-3-7-11)16(19-20-17)14-10-12-8-4-5-9-13(12)14/h1-9,14H,10,18H2. The summed E-state index contributed by atoms with van der Waals surface area (Å²) in [6.45, 7) is 0. The second-order valence-corrected chi connectivity index (χ2v) is 5.13. The van der Waals surface area contributed by atoms with E-state index >= 15 is 0 Å². The first-order valence-electron chi connectivity index (χ1n) is 6.73. The first-order valence-corrected chi connectivity index (χ1v) is 6.73. The Kier molecular flexibility index (Phi) is 2.39. The van der Waals surface area contributed by atoms with Crippen molar-refractivity contribution in [1.82, 2.24) is 5.16 Å². The fraction of sp³-hybridized carbons (Fsp3) is 0.118. The highest BCUT2D eigenvalue weighted by Crippen LogP contribution is 2.44. The van der Waals surface area contributed by atoms with Gasteiger partial charge >= 0.3 is 0 Å². The zero-order valence-electron chi connectivity index (χ0n) is 10.9. The first kappa shape index (κ1) is 11.3. The Morgan fingerprint density at radius 1 is 1.00 bits per heavy atom. The molecule has 0 saturated carbocycles. The van der Waals surface area contributed by atoms with Gasteiger partial charge in [-0.2, -0.15) is 0 Å². The van der Waals surface area contributed by atoms with E-state index in [-0.39, 0.29) is 0 Å². The molecule has 0 saturated heterocycles. The van der Waals surface area contributed by atoms with Crippen LogP contribution in [0.5, 0.6) is 0 Å². The maximum absolute atomic E-state index is 5.98. The molecule has 0 radical (unpaired) electrons. The first-order chi connectivity index (χ1) is 9.84. The molecule has 3 nitrogen and oxygen atoms in total. The summed E-state index contributed by atoms with van der Waals surface area (Å²) >= 11 is 0. The highest BCUT2D eigenvalue weighted by atomic mass is 16.5. The molecular weight excluding hydrogens is 248 g/mol. The molecule has 1 aromatic heterocycles. The molecule has 0 spiro atoms. The topological polar surface area (TPSA) is 52.0 Å². The van der Waals surface area contributed by atoms with E-state index in [1.807, 2.05) is 30.3 Å². The van der Waals surface area contributed by atoms with Crippen molar-refractivity contribution in [2.75, 3.05) is 5.73 Å². The molecule has 2 aromatic carbocycles. The number of anilines is 1. The van der Waals surface area contributed by atoms with E-state index < -0.39 is 0 Å². The Labute approximate surface area is 117 Å². The number of aromatic nitrogens is 1. The zero-order valence-corrected chi connectivity index (χ0v) is 10.9. The fourth-order valence-corrected chi connectivity index (χ4v) is 2.95. The molecule has 3 aromatic rings. The molecule has 0 amide bonds. The van der Waals surface area contributed by atoms with E-state index in [4.69, 9.17) is 10.3 Å². The van der Waals surface area contributed by atoms with E-state index in [0.717, 1.165) is 23.2 Å². The Bertz CT molecular complexity index is 762. The van der Waals surface area contributed by atoms with E-state index in [0.29, 0.717) is 11.8 Å². The zero-order chi connectivity index (χ0) is 13.5. The quantitative estimate of drug-likeness (QED) is 0.767. The minimum absolute atomic E-state index is 0.294. The molecular formula is C17H14N2O. The summed E-state index contributed by atoms with van der Waals surface area (Å²) in [4.78, 5) is 0. The van der Waals surface area contributed by atoms with Crippen molar-refractivity contribution in [3.8, 4) is 11.1 Å². The van der Waals surface area contributed by atoms with Gasteiger partial charge in [-0.15, -0.1) is 0 Å². The fourth-order valence-electron chi connectivity index (χ4n) is 2.95. The SMILES string of the molecule is Nc1onc(C2Cc3ccccc32)c1-c1ccccc1. The minimum Gasteiger partial charge on any atom is -0.367 e. The Morgan fingerprint density at radius 3 is 2.55 bits per heavy atom. The molecule has 0 fully saturated rings. The third-order valence-electron chi connectivity index (χ3n) is 3.99. The summed E-state index contributed by atoms with van der Waals surface area (Å²) in [5.74, 6) is 0.693. The normalized spacial score (nSPS) is 16.5. The summed E-state index contributed by atoms with van der Waals surface area (Å²) in [7, 11) is 0. The molecule has 1 atom stereocenters. The van der Waals surface area contributed by atoms with Crippen molar-refractivity contribution in [3.05, 3.63) is 71.4 Å². The number of nitrogens with zero attached hydrogens (tertiary/aromatic N) is 1. The van der Waals surface area contributed by atoms with Crippen LogP contribution >= 0.6 is 0 Å². The molecule has 2 N–H and O–H groups in total. The van der Waals surface area contributed by atoms with Crippen molar-refractivity contribution in [2.45, 2.75) is 12.3 Å². The Morgan fingerprint density at radius 2 is 1.75 bits per heavy atom. The van der Waals surface area contributed by atoms with Gasteiger partial charge in [0.05, 0.1) is 5.56 Å². The lowest BCUT2D eigenvalue weighted by Crippen LogP contribution is -2.18. The van der Waals surface area contributed by atoms with Crippen LogP contribution in [0.4, 0.5) is 5.88 Å². The summed E-state index contributed by atoms with van der Waals surface area (Å²) < 4.78 is 5.25. The molecule has 0 aliphatic heterocycles. The van der Waals surface area contributed by atoms with Gasteiger partial charge in [0, 0.05) is 5.92 Å². The molecule has 20 heavy (non-hydrogen) atoms. The van der Waals surface area contributed by atoms with Gasteiger partial charge in [0.2, 0.25) is 5.88 Å². The molecule has 3 heteroatoms. The third-order valence-corrected chi connectivity index (χ3v) is 3.99. The number of nitrogens with two attached hydrogens (primary N) is 1. The van der Waals surface area contributed by atoms with E-state index in [2.05, 4.69) is 29.4 Å². The molecule has 98 valence electrons. The largest absolute Gasteiger partial charge is 0.367 e. The third kappa shape index (κ3) is 1.56. The van der Waals surface area contributed by atoms with Crippen molar-refractivity contribution < 1.29 is 4.52 Å². The smallest absolute Gasteiger partial charge is 0.230 e. The van der Waals surface area contributed by atoms with Gasteiger partial charge in [-0.1, -0.05) is 59.8 Å². The maximum atomic E-state index is 5.98. The van der Waals surface area contributed by atoms with Crippen LogP contribution in [0.2, 0.25) is 0 Å². The van der Waals surface area contributed by atoms with E-state index in [1.54, 1.807) is 0 Å². The summed E-state index contributed by atoms with van der Waals surface area (Å²) in [6, 6.07) is 18.5. The average Bonchev–Trinajstić information content (AvgIpc) is 2.83. The predicted molar refractivity (Wildman–Crippen MR) is 78.3 cm³/mol. The number of hydrogen-bond donors (Lipinski definition) is 1. The van der Waals surface area contributed by atoms with Gasteiger partial charge in [0.15, 0.2) is 0 Å². The predicted octanol–water partition coefficient (Wildman–Crippen LogP) is 3.61. The van der Waals surface area contributed by atoms with Crippen LogP contribution in [0.3, 0.4) is 0 Å². The van der Waals surface area contributed by atoms with Gasteiger partial charge in [0.1, 0.15) is 5.69 Å². The van der Waals surface area contributed by atoms with Crippen LogP contribution in [0.15, 0.2) is 59.1 Å². The molecule has 0 bridgehead atoms.